The van der Waals surface area contributed by atoms with Gasteiger partial charge in [-0.3, -0.25) is 14.4 Å². The molecule has 7 heteroatoms. The molecular formula is C28H50N4O3. The first-order valence-electron chi connectivity index (χ1n) is 14.3. The van der Waals surface area contributed by atoms with Crippen molar-refractivity contribution in [3.63, 3.8) is 0 Å². The summed E-state index contributed by atoms with van der Waals surface area (Å²) in [7, 11) is 0. The number of carbonyl (C=O) groups excluding carboxylic acids is 3. The van der Waals surface area contributed by atoms with Crippen molar-refractivity contribution >= 4 is 17.7 Å². The molecule has 7 nitrogen and oxygen atoms in total. The predicted octanol–water partition coefficient (Wildman–Crippen LogP) is 3.62. The number of hydrogen-bond donors (Lipinski definition) is 0. The molecule has 3 saturated heterocycles. The summed E-state index contributed by atoms with van der Waals surface area (Å²) in [5.74, 6) is 1.51. The minimum Gasteiger partial charge on any atom is -0.341 e. The van der Waals surface area contributed by atoms with Gasteiger partial charge in [0.05, 0.1) is 0 Å². The third-order valence-corrected chi connectivity index (χ3v) is 8.28. The second-order valence-corrected chi connectivity index (χ2v) is 12.0. The van der Waals surface area contributed by atoms with Gasteiger partial charge in [0.1, 0.15) is 12.1 Å². The van der Waals surface area contributed by atoms with Crippen LogP contribution >= 0.6 is 0 Å². The SMILES string of the molecule is CC(=O)N1CCN([C@@H](CC(C)C)C(=O)N2CCC(CCN3CCCC3)CC2)C(=O)[C@@H]1CCC(C)C. The fraction of sp³-hybridized carbons (Fsp3) is 0.893. The Morgan fingerprint density at radius 2 is 1.54 bits per heavy atom. The molecule has 200 valence electrons. The van der Waals surface area contributed by atoms with E-state index in [1.165, 1.54) is 38.9 Å². The van der Waals surface area contributed by atoms with Crippen molar-refractivity contribution in [2.45, 2.75) is 98.1 Å². The Kier molecular flexibility index (Phi) is 10.4. The lowest BCUT2D eigenvalue weighted by Crippen LogP contribution is -2.63. The molecule has 0 N–H and O–H groups in total. The van der Waals surface area contributed by atoms with Gasteiger partial charge in [0.15, 0.2) is 0 Å². The number of piperidine rings is 1. The first kappa shape index (κ1) is 27.9. The highest BCUT2D eigenvalue weighted by molar-refractivity contribution is 5.92. The van der Waals surface area contributed by atoms with Crippen LogP contribution in [0.5, 0.6) is 0 Å². The summed E-state index contributed by atoms with van der Waals surface area (Å²) in [6.07, 6.45) is 8.27. The van der Waals surface area contributed by atoms with Crippen molar-refractivity contribution in [1.29, 1.82) is 0 Å². The normalized spacial score (nSPS) is 23.6. The molecule has 3 aliphatic rings. The summed E-state index contributed by atoms with van der Waals surface area (Å²) < 4.78 is 0. The van der Waals surface area contributed by atoms with Gasteiger partial charge < -0.3 is 19.6 Å². The quantitative estimate of drug-likeness (QED) is 0.469. The Bertz CT molecular complexity index is 711. The molecule has 3 amide bonds. The molecule has 2 atom stereocenters. The van der Waals surface area contributed by atoms with E-state index in [-0.39, 0.29) is 17.7 Å². The van der Waals surface area contributed by atoms with Crippen molar-refractivity contribution in [2.75, 3.05) is 45.8 Å². The smallest absolute Gasteiger partial charge is 0.246 e. The zero-order valence-corrected chi connectivity index (χ0v) is 23.0. The standard InChI is InChI=1S/C28H50N4O3/c1-21(2)8-9-25-28(35)32(19-18-31(25)23(5)33)26(20-22(3)4)27(34)30-16-11-24(12-17-30)10-15-29-13-6-7-14-29/h21-22,24-26H,6-20H2,1-5H3/t25-,26-/m0/s1. The van der Waals surface area contributed by atoms with Crippen LogP contribution in [0.25, 0.3) is 0 Å². The van der Waals surface area contributed by atoms with Crippen molar-refractivity contribution in [2.24, 2.45) is 17.8 Å². The number of rotatable bonds is 10. The van der Waals surface area contributed by atoms with Crippen molar-refractivity contribution in [1.82, 2.24) is 19.6 Å². The lowest BCUT2D eigenvalue weighted by molar-refractivity contribution is -0.158. The summed E-state index contributed by atoms with van der Waals surface area (Å²) in [6, 6.07) is -0.859. The molecule has 3 heterocycles. The van der Waals surface area contributed by atoms with Crippen LogP contribution in [0.1, 0.15) is 86.0 Å². The lowest BCUT2D eigenvalue weighted by Gasteiger charge is -2.45. The van der Waals surface area contributed by atoms with E-state index in [0.29, 0.717) is 43.7 Å². The first-order valence-corrected chi connectivity index (χ1v) is 14.3. The molecule has 0 spiro atoms. The molecule has 0 aromatic rings. The van der Waals surface area contributed by atoms with Crippen LogP contribution in [0.4, 0.5) is 0 Å². The van der Waals surface area contributed by atoms with Gasteiger partial charge in [-0.15, -0.1) is 0 Å². The number of piperazine rings is 1. The zero-order valence-electron chi connectivity index (χ0n) is 23.0. The molecule has 0 aromatic carbocycles. The Balaban J connectivity index is 1.63. The summed E-state index contributed by atoms with van der Waals surface area (Å²) >= 11 is 0. The highest BCUT2D eigenvalue weighted by Gasteiger charge is 2.42. The van der Waals surface area contributed by atoms with Crippen LogP contribution in [-0.2, 0) is 14.4 Å². The number of hydrogen-bond acceptors (Lipinski definition) is 4. The summed E-state index contributed by atoms with van der Waals surface area (Å²) in [4.78, 5) is 47.9. The number of carbonyl (C=O) groups is 3. The van der Waals surface area contributed by atoms with E-state index in [1.54, 1.807) is 11.8 Å². The fourth-order valence-electron chi connectivity index (χ4n) is 6.10. The average molecular weight is 491 g/mol. The van der Waals surface area contributed by atoms with Crippen LogP contribution in [-0.4, -0.2) is 95.2 Å². The first-order chi connectivity index (χ1) is 16.7. The monoisotopic (exact) mass is 490 g/mol. The molecule has 0 unspecified atom stereocenters. The molecular weight excluding hydrogens is 440 g/mol. The number of nitrogens with zero attached hydrogens (tertiary/aromatic N) is 4. The minimum atomic E-state index is -0.442. The topological polar surface area (TPSA) is 64.2 Å². The second kappa shape index (κ2) is 13.1. The Hall–Kier alpha value is -1.63. The molecule has 3 rings (SSSR count). The van der Waals surface area contributed by atoms with E-state index >= 15 is 0 Å². The van der Waals surface area contributed by atoms with E-state index in [4.69, 9.17) is 0 Å². The van der Waals surface area contributed by atoms with Gasteiger partial charge >= 0.3 is 0 Å². The predicted molar refractivity (Wildman–Crippen MR) is 140 cm³/mol. The van der Waals surface area contributed by atoms with Crippen LogP contribution in [0, 0.1) is 17.8 Å². The molecule has 0 saturated carbocycles. The van der Waals surface area contributed by atoms with Gasteiger partial charge in [0.25, 0.3) is 0 Å². The molecule has 35 heavy (non-hydrogen) atoms. The maximum atomic E-state index is 13.8. The minimum absolute atomic E-state index is 0.0356. The zero-order chi connectivity index (χ0) is 25.5. The summed E-state index contributed by atoms with van der Waals surface area (Å²) in [5, 5.41) is 0. The van der Waals surface area contributed by atoms with Crippen LogP contribution < -0.4 is 0 Å². The van der Waals surface area contributed by atoms with Crippen LogP contribution in [0.2, 0.25) is 0 Å². The number of likely N-dealkylation sites (tertiary alicyclic amines) is 2. The van der Waals surface area contributed by atoms with Crippen molar-refractivity contribution in [3.8, 4) is 0 Å². The Labute approximate surface area is 213 Å². The number of amides is 3. The van der Waals surface area contributed by atoms with Gasteiger partial charge in [-0.25, -0.2) is 0 Å². The molecule has 3 fully saturated rings. The van der Waals surface area contributed by atoms with E-state index < -0.39 is 12.1 Å². The highest BCUT2D eigenvalue weighted by atomic mass is 16.2. The van der Waals surface area contributed by atoms with Crippen LogP contribution in [0.3, 0.4) is 0 Å². The highest BCUT2D eigenvalue weighted by Crippen LogP contribution is 2.27. The lowest BCUT2D eigenvalue weighted by atomic mass is 9.91. The van der Waals surface area contributed by atoms with Crippen molar-refractivity contribution < 1.29 is 14.4 Å². The molecule has 0 aromatic heterocycles. The van der Waals surface area contributed by atoms with Crippen LogP contribution in [0.15, 0.2) is 0 Å². The maximum Gasteiger partial charge on any atom is 0.246 e. The van der Waals surface area contributed by atoms with Gasteiger partial charge in [0.2, 0.25) is 17.7 Å². The second-order valence-electron chi connectivity index (χ2n) is 12.0. The van der Waals surface area contributed by atoms with E-state index in [0.717, 1.165) is 32.4 Å². The molecule has 0 bridgehead atoms. The van der Waals surface area contributed by atoms with E-state index in [1.807, 2.05) is 9.80 Å². The largest absolute Gasteiger partial charge is 0.341 e. The van der Waals surface area contributed by atoms with E-state index in [9.17, 15) is 14.4 Å². The summed E-state index contributed by atoms with van der Waals surface area (Å²) in [5.41, 5.74) is 0. The van der Waals surface area contributed by atoms with Gasteiger partial charge in [-0.2, -0.15) is 0 Å². The average Bonchev–Trinajstić information content (AvgIpc) is 3.34. The third kappa shape index (κ3) is 7.68. The van der Waals surface area contributed by atoms with Gasteiger partial charge in [0, 0.05) is 33.1 Å². The molecule has 0 aliphatic carbocycles. The maximum absolute atomic E-state index is 13.8. The van der Waals surface area contributed by atoms with Gasteiger partial charge in [-0.05, 0) is 88.8 Å². The molecule has 0 radical (unpaired) electrons. The molecule has 3 aliphatic heterocycles. The Morgan fingerprint density at radius 3 is 2.11 bits per heavy atom. The summed E-state index contributed by atoms with van der Waals surface area (Å²) in [6.45, 7) is 16.3. The van der Waals surface area contributed by atoms with Gasteiger partial charge in [-0.1, -0.05) is 27.7 Å². The fourth-order valence-corrected chi connectivity index (χ4v) is 6.10. The third-order valence-electron chi connectivity index (χ3n) is 8.28. The van der Waals surface area contributed by atoms with E-state index in [2.05, 4.69) is 32.6 Å². The Morgan fingerprint density at radius 1 is 0.886 bits per heavy atom. The van der Waals surface area contributed by atoms with Crippen molar-refractivity contribution in [3.05, 3.63) is 0 Å².